The van der Waals surface area contributed by atoms with E-state index < -0.39 is 0 Å². The Labute approximate surface area is 157 Å². The standard InChI is InChI=1S/C20H19N5O2/c1-26-18-8-4-7-17(11-18)25-9-10-27-20(25)19-14-24(23-22-19)13-16-6-3-2-5-15(16)12-21/h2-8,11,14,20H,9-10,13H2,1H3/t20-/m0/s1. The summed E-state index contributed by atoms with van der Waals surface area (Å²) in [5.74, 6) is 0.801. The second-order valence-corrected chi connectivity index (χ2v) is 6.23. The molecule has 1 aliphatic heterocycles. The molecule has 27 heavy (non-hydrogen) atoms. The molecule has 2 aromatic carbocycles. The minimum Gasteiger partial charge on any atom is -0.497 e. The SMILES string of the molecule is COc1cccc(N2CCO[C@H]2c2cn(Cc3ccccc3C#N)nn2)c1. The lowest BCUT2D eigenvalue weighted by molar-refractivity contribution is 0.110. The summed E-state index contributed by atoms with van der Waals surface area (Å²) in [6, 6.07) is 17.6. The van der Waals surface area contributed by atoms with Gasteiger partial charge in [0.15, 0.2) is 6.23 Å². The fourth-order valence-electron chi connectivity index (χ4n) is 3.21. The summed E-state index contributed by atoms with van der Waals surface area (Å²) in [6.45, 7) is 1.87. The average molecular weight is 361 g/mol. The van der Waals surface area contributed by atoms with Crippen LogP contribution in [0.3, 0.4) is 0 Å². The Balaban J connectivity index is 1.56. The van der Waals surface area contributed by atoms with Crippen LogP contribution in [0, 0.1) is 11.3 Å². The van der Waals surface area contributed by atoms with Crippen molar-refractivity contribution < 1.29 is 9.47 Å². The number of nitrogens with zero attached hydrogens (tertiary/aromatic N) is 5. The van der Waals surface area contributed by atoms with Crippen molar-refractivity contribution in [1.82, 2.24) is 15.0 Å². The molecule has 1 fully saturated rings. The van der Waals surface area contributed by atoms with Crippen molar-refractivity contribution in [2.24, 2.45) is 0 Å². The molecule has 0 aliphatic carbocycles. The van der Waals surface area contributed by atoms with Crippen LogP contribution in [0.1, 0.15) is 23.0 Å². The van der Waals surface area contributed by atoms with Gasteiger partial charge in [0.1, 0.15) is 11.4 Å². The van der Waals surface area contributed by atoms with Crippen LogP contribution in [0.2, 0.25) is 0 Å². The highest BCUT2D eigenvalue weighted by atomic mass is 16.5. The Morgan fingerprint density at radius 1 is 1.26 bits per heavy atom. The van der Waals surface area contributed by atoms with Crippen LogP contribution < -0.4 is 9.64 Å². The zero-order chi connectivity index (χ0) is 18.6. The molecule has 1 aromatic heterocycles. The molecule has 1 atom stereocenters. The summed E-state index contributed by atoms with van der Waals surface area (Å²) in [5.41, 5.74) is 3.31. The maximum Gasteiger partial charge on any atom is 0.177 e. The quantitative estimate of drug-likeness (QED) is 0.695. The fraction of sp³-hybridized carbons (Fsp3) is 0.250. The highest BCUT2D eigenvalue weighted by molar-refractivity contribution is 5.52. The normalized spacial score (nSPS) is 16.3. The van der Waals surface area contributed by atoms with Gasteiger partial charge in [-0.15, -0.1) is 5.10 Å². The van der Waals surface area contributed by atoms with Crippen LogP contribution in [0.5, 0.6) is 5.75 Å². The topological polar surface area (TPSA) is 76.2 Å². The molecule has 1 saturated heterocycles. The van der Waals surface area contributed by atoms with Crippen LogP contribution in [0.25, 0.3) is 0 Å². The third-order valence-corrected chi connectivity index (χ3v) is 4.56. The highest BCUT2D eigenvalue weighted by Crippen LogP contribution is 2.32. The van der Waals surface area contributed by atoms with Gasteiger partial charge in [0.05, 0.1) is 38.1 Å². The Morgan fingerprint density at radius 2 is 2.15 bits per heavy atom. The van der Waals surface area contributed by atoms with E-state index in [0.717, 1.165) is 29.2 Å². The molecule has 2 heterocycles. The molecule has 0 saturated carbocycles. The minimum absolute atomic E-state index is 0.294. The first-order valence-electron chi connectivity index (χ1n) is 8.69. The van der Waals surface area contributed by atoms with E-state index in [1.165, 1.54) is 0 Å². The number of nitriles is 1. The monoisotopic (exact) mass is 361 g/mol. The maximum atomic E-state index is 9.25. The molecule has 4 rings (SSSR count). The first-order valence-corrected chi connectivity index (χ1v) is 8.69. The fourth-order valence-corrected chi connectivity index (χ4v) is 3.21. The van der Waals surface area contributed by atoms with Gasteiger partial charge >= 0.3 is 0 Å². The number of methoxy groups -OCH3 is 1. The summed E-state index contributed by atoms with van der Waals surface area (Å²) < 4.78 is 13.0. The molecular formula is C20H19N5O2. The van der Waals surface area contributed by atoms with E-state index in [1.807, 2.05) is 48.7 Å². The first kappa shape index (κ1) is 17.1. The van der Waals surface area contributed by atoms with Gasteiger partial charge in [0.2, 0.25) is 0 Å². The second-order valence-electron chi connectivity index (χ2n) is 6.23. The van der Waals surface area contributed by atoms with Crippen LogP contribution in [-0.2, 0) is 11.3 Å². The molecule has 0 spiro atoms. The van der Waals surface area contributed by atoms with E-state index >= 15 is 0 Å². The van der Waals surface area contributed by atoms with Gasteiger partial charge in [-0.3, -0.25) is 0 Å². The molecule has 136 valence electrons. The number of hydrogen-bond donors (Lipinski definition) is 0. The average Bonchev–Trinajstić information content (AvgIpc) is 3.37. The number of hydrogen-bond acceptors (Lipinski definition) is 6. The molecule has 0 unspecified atom stereocenters. The minimum atomic E-state index is -0.294. The summed E-state index contributed by atoms with van der Waals surface area (Å²) in [5, 5.41) is 17.8. The number of anilines is 1. The van der Waals surface area contributed by atoms with Gasteiger partial charge in [0, 0.05) is 18.3 Å². The van der Waals surface area contributed by atoms with Crippen LogP contribution >= 0.6 is 0 Å². The van der Waals surface area contributed by atoms with Crippen LogP contribution in [0.4, 0.5) is 5.69 Å². The largest absolute Gasteiger partial charge is 0.497 e. The molecule has 3 aromatic rings. The van der Waals surface area contributed by atoms with E-state index in [1.54, 1.807) is 17.9 Å². The predicted octanol–water partition coefficient (Wildman–Crippen LogP) is 2.74. The second kappa shape index (κ2) is 7.48. The molecular weight excluding hydrogens is 342 g/mol. The van der Waals surface area contributed by atoms with Gasteiger partial charge < -0.3 is 14.4 Å². The smallest absolute Gasteiger partial charge is 0.177 e. The molecule has 0 radical (unpaired) electrons. The molecule has 1 aliphatic rings. The van der Waals surface area contributed by atoms with Crippen molar-refractivity contribution in [2.75, 3.05) is 25.2 Å². The van der Waals surface area contributed by atoms with Crippen LogP contribution in [0.15, 0.2) is 54.7 Å². The molecule has 0 bridgehead atoms. The van der Waals surface area contributed by atoms with E-state index in [2.05, 4.69) is 21.3 Å². The van der Waals surface area contributed by atoms with Crippen LogP contribution in [-0.4, -0.2) is 35.3 Å². The number of aromatic nitrogens is 3. The van der Waals surface area contributed by atoms with Gasteiger partial charge in [0.25, 0.3) is 0 Å². The molecule has 7 nitrogen and oxygen atoms in total. The third kappa shape index (κ3) is 3.48. The van der Waals surface area contributed by atoms with Crippen molar-refractivity contribution >= 4 is 5.69 Å². The number of ether oxygens (including phenoxy) is 2. The van der Waals surface area contributed by atoms with Gasteiger partial charge in [-0.05, 0) is 23.8 Å². The van der Waals surface area contributed by atoms with E-state index in [4.69, 9.17) is 9.47 Å². The third-order valence-electron chi connectivity index (χ3n) is 4.56. The Morgan fingerprint density at radius 3 is 3.00 bits per heavy atom. The highest BCUT2D eigenvalue weighted by Gasteiger charge is 2.30. The molecule has 0 N–H and O–H groups in total. The Hall–Kier alpha value is -3.37. The van der Waals surface area contributed by atoms with Crippen molar-refractivity contribution in [3.63, 3.8) is 0 Å². The predicted molar refractivity (Wildman–Crippen MR) is 99.3 cm³/mol. The van der Waals surface area contributed by atoms with Gasteiger partial charge in [-0.25, -0.2) is 4.68 Å². The number of benzene rings is 2. The lowest BCUT2D eigenvalue weighted by Gasteiger charge is -2.23. The van der Waals surface area contributed by atoms with Crippen molar-refractivity contribution in [1.29, 1.82) is 5.26 Å². The van der Waals surface area contributed by atoms with Crippen molar-refractivity contribution in [2.45, 2.75) is 12.8 Å². The summed E-state index contributed by atoms with van der Waals surface area (Å²) in [4.78, 5) is 2.14. The zero-order valence-electron chi connectivity index (χ0n) is 14.9. The summed E-state index contributed by atoms with van der Waals surface area (Å²) in [7, 11) is 1.65. The van der Waals surface area contributed by atoms with Crippen molar-refractivity contribution in [3.8, 4) is 11.8 Å². The van der Waals surface area contributed by atoms with E-state index in [0.29, 0.717) is 18.7 Å². The molecule has 0 amide bonds. The molecule has 7 heteroatoms. The lowest BCUT2D eigenvalue weighted by Crippen LogP contribution is -2.23. The van der Waals surface area contributed by atoms with E-state index in [9.17, 15) is 5.26 Å². The van der Waals surface area contributed by atoms with Crippen molar-refractivity contribution in [3.05, 3.63) is 71.5 Å². The lowest BCUT2D eigenvalue weighted by atomic mass is 10.1. The maximum absolute atomic E-state index is 9.25. The number of rotatable bonds is 5. The Kier molecular flexibility index (Phi) is 4.73. The Bertz CT molecular complexity index is 978. The zero-order valence-corrected chi connectivity index (χ0v) is 14.9. The summed E-state index contributed by atoms with van der Waals surface area (Å²) in [6.07, 6.45) is 1.58. The van der Waals surface area contributed by atoms with E-state index in [-0.39, 0.29) is 6.23 Å². The first-order chi connectivity index (χ1) is 13.3. The van der Waals surface area contributed by atoms with Gasteiger partial charge in [-0.1, -0.05) is 29.5 Å². The summed E-state index contributed by atoms with van der Waals surface area (Å²) >= 11 is 0. The van der Waals surface area contributed by atoms with Gasteiger partial charge in [-0.2, -0.15) is 5.26 Å².